The number of benzene rings is 1. The van der Waals surface area contributed by atoms with Crippen LogP contribution in [-0.2, 0) is 4.79 Å². The van der Waals surface area contributed by atoms with Crippen LogP contribution in [0.4, 0.5) is 5.69 Å². The number of nitrogens with one attached hydrogen (secondary N) is 1. The maximum atomic E-state index is 12.3. The first-order chi connectivity index (χ1) is 10.7. The van der Waals surface area contributed by atoms with Gasteiger partial charge in [-0.15, -0.1) is 0 Å². The van der Waals surface area contributed by atoms with Gasteiger partial charge in [-0.05, 0) is 34.9 Å². The van der Waals surface area contributed by atoms with Crippen molar-refractivity contribution >= 4 is 39.2 Å². The van der Waals surface area contributed by atoms with Crippen LogP contribution < -0.4 is 5.32 Å². The van der Waals surface area contributed by atoms with Gasteiger partial charge in [0.25, 0.3) is 5.91 Å². The second kappa shape index (κ2) is 5.11. The summed E-state index contributed by atoms with van der Waals surface area (Å²) >= 11 is 3.43. The molecule has 0 saturated heterocycles. The lowest BCUT2D eigenvalue weighted by Crippen LogP contribution is -2.03. The van der Waals surface area contributed by atoms with Gasteiger partial charge in [0.15, 0.2) is 0 Å². The topological polar surface area (TPSA) is 29.1 Å². The van der Waals surface area contributed by atoms with Gasteiger partial charge < -0.3 is 5.32 Å². The minimum atomic E-state index is -0.0530. The molecule has 2 aliphatic carbocycles. The lowest BCUT2D eigenvalue weighted by atomic mass is 10.0. The number of fused-ring (bicyclic) bond motifs is 2. The molecule has 0 fully saturated rings. The van der Waals surface area contributed by atoms with E-state index in [4.69, 9.17) is 0 Å². The van der Waals surface area contributed by atoms with Crippen LogP contribution in [0.1, 0.15) is 11.1 Å². The second-order valence-corrected chi connectivity index (χ2v) is 6.19. The highest BCUT2D eigenvalue weighted by Crippen LogP contribution is 2.37. The average Bonchev–Trinajstić information content (AvgIpc) is 2.90. The monoisotopic (exact) mass is 349 g/mol. The van der Waals surface area contributed by atoms with Gasteiger partial charge in [-0.25, -0.2) is 0 Å². The predicted molar refractivity (Wildman–Crippen MR) is 93.7 cm³/mol. The van der Waals surface area contributed by atoms with E-state index in [1.54, 1.807) is 0 Å². The Hall–Kier alpha value is -2.39. The fourth-order valence-corrected chi connectivity index (χ4v) is 3.19. The summed E-state index contributed by atoms with van der Waals surface area (Å²) in [4.78, 5) is 12.3. The van der Waals surface area contributed by atoms with Crippen LogP contribution in [0.5, 0.6) is 0 Å². The van der Waals surface area contributed by atoms with E-state index in [0.29, 0.717) is 5.57 Å². The van der Waals surface area contributed by atoms with Crippen LogP contribution in [0.2, 0.25) is 0 Å². The number of hydrogen-bond donors (Lipinski definition) is 1. The minimum absolute atomic E-state index is 0.0530. The van der Waals surface area contributed by atoms with Gasteiger partial charge in [-0.2, -0.15) is 0 Å². The van der Waals surface area contributed by atoms with Crippen molar-refractivity contribution in [1.29, 1.82) is 0 Å². The molecule has 0 spiro atoms. The van der Waals surface area contributed by atoms with Crippen molar-refractivity contribution in [1.82, 2.24) is 0 Å². The van der Waals surface area contributed by atoms with Crippen molar-refractivity contribution < 1.29 is 4.79 Å². The Labute approximate surface area is 137 Å². The Morgan fingerprint density at radius 3 is 2.68 bits per heavy atom. The van der Waals surface area contributed by atoms with Crippen LogP contribution >= 0.6 is 15.9 Å². The van der Waals surface area contributed by atoms with Gasteiger partial charge in [0.1, 0.15) is 0 Å². The molecular formula is C19H12BrNO. The van der Waals surface area contributed by atoms with Crippen molar-refractivity contribution in [3.63, 3.8) is 0 Å². The molecule has 1 amide bonds. The smallest absolute Gasteiger partial charge is 0.256 e. The molecular weight excluding hydrogens is 338 g/mol. The van der Waals surface area contributed by atoms with Crippen LogP contribution in [0.15, 0.2) is 65.1 Å². The third-order valence-corrected chi connectivity index (χ3v) is 4.38. The van der Waals surface area contributed by atoms with Gasteiger partial charge in [-0.3, -0.25) is 4.79 Å². The van der Waals surface area contributed by atoms with Crippen molar-refractivity contribution in [3.05, 3.63) is 76.3 Å². The molecule has 0 bridgehead atoms. The summed E-state index contributed by atoms with van der Waals surface area (Å²) in [7, 11) is 0. The minimum Gasteiger partial charge on any atom is -0.321 e. The molecule has 1 N–H and O–H groups in total. The van der Waals surface area contributed by atoms with Crippen molar-refractivity contribution in [2.75, 3.05) is 5.32 Å². The number of hydrogen-bond acceptors (Lipinski definition) is 1. The molecule has 1 aromatic carbocycles. The zero-order valence-corrected chi connectivity index (χ0v) is 13.2. The summed E-state index contributed by atoms with van der Waals surface area (Å²) in [6, 6.07) is 20.2. The molecule has 0 aromatic heterocycles. The predicted octanol–water partition coefficient (Wildman–Crippen LogP) is 5.05. The normalized spacial score (nSPS) is 15.1. The lowest BCUT2D eigenvalue weighted by Gasteiger charge is -2.00. The highest BCUT2D eigenvalue weighted by atomic mass is 79.9. The van der Waals surface area contributed by atoms with E-state index >= 15 is 0 Å². The number of carbonyl (C=O) groups is 1. The molecule has 0 unspecified atom stereocenters. The summed E-state index contributed by atoms with van der Waals surface area (Å²) in [5.74, 6) is -0.0530. The third-order valence-electron chi connectivity index (χ3n) is 3.89. The molecule has 2 nitrogen and oxygen atoms in total. The van der Waals surface area contributed by atoms with E-state index < -0.39 is 0 Å². The number of rotatable bonds is 1. The fraction of sp³-hybridized carbons (Fsp3) is 0. The number of halogens is 1. The molecule has 3 aliphatic rings. The summed E-state index contributed by atoms with van der Waals surface area (Å²) in [5, 5.41) is 2.92. The molecule has 0 saturated carbocycles. The first-order valence-electron chi connectivity index (χ1n) is 7.03. The quantitative estimate of drug-likeness (QED) is 0.612. The molecule has 1 aliphatic heterocycles. The van der Waals surface area contributed by atoms with E-state index in [1.165, 1.54) is 5.56 Å². The molecule has 0 radical (unpaired) electrons. The second-order valence-electron chi connectivity index (χ2n) is 5.27. The van der Waals surface area contributed by atoms with E-state index in [9.17, 15) is 4.79 Å². The molecule has 1 heterocycles. The standard InChI is InChI=1S/C19H12BrNO/c20-14-8-9-16-17(19(22)21-18(16)11-14)10-13-7-6-12-4-2-1-3-5-15(12)13/h1-11H,(H,21,22)/b17-10-. The van der Waals surface area contributed by atoms with E-state index in [-0.39, 0.29) is 5.91 Å². The number of anilines is 1. The van der Waals surface area contributed by atoms with Gasteiger partial charge in [0.05, 0.1) is 5.69 Å². The van der Waals surface area contributed by atoms with Crippen molar-refractivity contribution in [2.45, 2.75) is 0 Å². The Balaban J connectivity index is 1.86. The maximum absolute atomic E-state index is 12.3. The van der Waals surface area contributed by atoms with Crippen LogP contribution in [0, 0.1) is 0 Å². The Morgan fingerprint density at radius 1 is 0.909 bits per heavy atom. The van der Waals surface area contributed by atoms with Crippen LogP contribution in [-0.4, -0.2) is 5.91 Å². The average molecular weight is 350 g/mol. The van der Waals surface area contributed by atoms with Gasteiger partial charge in [0.2, 0.25) is 0 Å². The SMILES string of the molecule is O=C1Nc2cc(Br)ccc2/C1=C/c1ccc2cccccc1-2. The third kappa shape index (κ3) is 2.14. The van der Waals surface area contributed by atoms with Crippen molar-refractivity contribution in [2.24, 2.45) is 0 Å². The summed E-state index contributed by atoms with van der Waals surface area (Å²) in [6.07, 6.45) is 1.97. The zero-order valence-electron chi connectivity index (χ0n) is 11.6. The lowest BCUT2D eigenvalue weighted by molar-refractivity contribution is -0.110. The number of amides is 1. The molecule has 1 aromatic rings. The maximum Gasteiger partial charge on any atom is 0.256 e. The molecule has 106 valence electrons. The van der Waals surface area contributed by atoms with Gasteiger partial charge in [0, 0.05) is 15.6 Å². The molecule has 4 rings (SSSR count). The Kier molecular flexibility index (Phi) is 3.09. The van der Waals surface area contributed by atoms with Crippen molar-refractivity contribution in [3.8, 4) is 11.1 Å². The van der Waals surface area contributed by atoms with E-state index in [0.717, 1.165) is 26.9 Å². The molecule has 0 atom stereocenters. The summed E-state index contributed by atoms with van der Waals surface area (Å²) in [6.45, 7) is 0. The first kappa shape index (κ1) is 13.3. The Bertz CT molecular complexity index is 898. The Morgan fingerprint density at radius 2 is 1.77 bits per heavy atom. The summed E-state index contributed by atoms with van der Waals surface area (Å²) in [5.41, 5.74) is 5.89. The number of carbonyl (C=O) groups excluding carboxylic acids is 1. The van der Waals surface area contributed by atoms with Gasteiger partial charge >= 0.3 is 0 Å². The van der Waals surface area contributed by atoms with Crippen LogP contribution in [0.25, 0.3) is 22.8 Å². The van der Waals surface area contributed by atoms with Gasteiger partial charge in [-0.1, -0.05) is 64.5 Å². The largest absolute Gasteiger partial charge is 0.321 e. The highest BCUT2D eigenvalue weighted by molar-refractivity contribution is 9.10. The zero-order chi connectivity index (χ0) is 15.1. The van der Waals surface area contributed by atoms with E-state index in [2.05, 4.69) is 45.5 Å². The summed E-state index contributed by atoms with van der Waals surface area (Å²) < 4.78 is 0.957. The van der Waals surface area contributed by atoms with Crippen LogP contribution in [0.3, 0.4) is 0 Å². The fourth-order valence-electron chi connectivity index (χ4n) is 2.83. The first-order valence-corrected chi connectivity index (χ1v) is 7.82. The molecule has 3 heteroatoms. The van der Waals surface area contributed by atoms with E-state index in [1.807, 2.05) is 42.5 Å². The molecule has 22 heavy (non-hydrogen) atoms. The highest BCUT2D eigenvalue weighted by Gasteiger charge is 2.24.